The minimum Gasteiger partial charge on any atom is -0.399 e. The molecule has 1 aromatic heterocycles. The number of nitrogens with zero attached hydrogens (tertiary/aromatic N) is 1. The minimum absolute atomic E-state index is 0.263. The first-order chi connectivity index (χ1) is 13.0. The van der Waals surface area contributed by atoms with Crippen LogP contribution in [0.4, 0.5) is 11.4 Å². The van der Waals surface area contributed by atoms with Crippen molar-refractivity contribution in [2.24, 2.45) is 0 Å². The van der Waals surface area contributed by atoms with Gasteiger partial charge in [0.2, 0.25) is 0 Å². The van der Waals surface area contributed by atoms with E-state index < -0.39 is 0 Å². The van der Waals surface area contributed by atoms with Crippen LogP contribution in [0.25, 0.3) is 22.4 Å². The molecule has 0 radical (unpaired) electrons. The lowest BCUT2D eigenvalue weighted by molar-refractivity contribution is 0.102. The molecule has 0 saturated carbocycles. The molecular formula is C20H14Cl2N4O. The number of fused-ring (bicyclic) bond motifs is 1. The van der Waals surface area contributed by atoms with Crippen LogP contribution >= 0.6 is 23.2 Å². The highest BCUT2D eigenvalue weighted by Crippen LogP contribution is 2.25. The van der Waals surface area contributed by atoms with Gasteiger partial charge in [0.1, 0.15) is 5.82 Å². The Morgan fingerprint density at radius 1 is 0.963 bits per heavy atom. The van der Waals surface area contributed by atoms with Gasteiger partial charge in [-0.3, -0.25) is 4.79 Å². The van der Waals surface area contributed by atoms with Crippen molar-refractivity contribution in [3.63, 3.8) is 0 Å². The Balaban J connectivity index is 1.54. The summed E-state index contributed by atoms with van der Waals surface area (Å²) in [4.78, 5) is 20.1. The molecule has 0 atom stereocenters. The summed E-state index contributed by atoms with van der Waals surface area (Å²) >= 11 is 11.8. The summed E-state index contributed by atoms with van der Waals surface area (Å²) in [7, 11) is 0. The Labute approximate surface area is 165 Å². The predicted octanol–water partition coefficient (Wildman–Crippen LogP) is 5.37. The molecule has 3 aromatic carbocycles. The van der Waals surface area contributed by atoms with Gasteiger partial charge >= 0.3 is 0 Å². The maximum atomic E-state index is 12.3. The van der Waals surface area contributed by atoms with E-state index in [0.717, 1.165) is 22.4 Å². The second kappa shape index (κ2) is 6.95. The van der Waals surface area contributed by atoms with Crippen molar-refractivity contribution in [3.05, 3.63) is 76.3 Å². The van der Waals surface area contributed by atoms with Crippen molar-refractivity contribution >= 4 is 51.5 Å². The third-order valence-corrected chi connectivity index (χ3v) is 4.84. The van der Waals surface area contributed by atoms with Crippen LogP contribution in [0.3, 0.4) is 0 Å². The molecule has 1 heterocycles. The van der Waals surface area contributed by atoms with E-state index in [2.05, 4.69) is 15.3 Å². The number of carbonyl (C=O) groups excluding carboxylic acids is 1. The lowest BCUT2D eigenvalue weighted by Crippen LogP contribution is -2.11. The molecule has 0 aliphatic heterocycles. The highest BCUT2D eigenvalue weighted by Gasteiger charge is 2.10. The van der Waals surface area contributed by atoms with Crippen LogP contribution in [0.1, 0.15) is 10.4 Å². The summed E-state index contributed by atoms with van der Waals surface area (Å²) in [5.74, 6) is 0.471. The number of hydrogen-bond donors (Lipinski definition) is 3. The van der Waals surface area contributed by atoms with Crippen molar-refractivity contribution in [1.82, 2.24) is 9.97 Å². The lowest BCUT2D eigenvalue weighted by Gasteiger charge is -2.07. The van der Waals surface area contributed by atoms with Crippen molar-refractivity contribution in [2.75, 3.05) is 11.1 Å². The lowest BCUT2D eigenvalue weighted by atomic mass is 10.1. The molecule has 134 valence electrons. The topological polar surface area (TPSA) is 83.8 Å². The monoisotopic (exact) mass is 396 g/mol. The van der Waals surface area contributed by atoms with E-state index in [1.165, 1.54) is 6.07 Å². The highest BCUT2D eigenvalue weighted by atomic mass is 35.5. The molecule has 0 saturated heterocycles. The van der Waals surface area contributed by atoms with Crippen LogP contribution in [0.2, 0.25) is 10.0 Å². The molecule has 4 aromatic rings. The van der Waals surface area contributed by atoms with Crippen LogP contribution in [0.5, 0.6) is 0 Å². The van der Waals surface area contributed by atoms with Crippen LogP contribution in [0, 0.1) is 0 Å². The fraction of sp³-hybridized carbons (Fsp3) is 0. The first kappa shape index (κ1) is 17.4. The number of halogens is 2. The number of rotatable bonds is 3. The van der Waals surface area contributed by atoms with E-state index in [9.17, 15) is 4.79 Å². The van der Waals surface area contributed by atoms with Gasteiger partial charge in [-0.25, -0.2) is 4.98 Å². The minimum atomic E-state index is -0.263. The zero-order valence-corrected chi connectivity index (χ0v) is 15.5. The molecule has 4 N–H and O–H groups in total. The Morgan fingerprint density at radius 3 is 2.48 bits per heavy atom. The Morgan fingerprint density at radius 2 is 1.74 bits per heavy atom. The maximum Gasteiger partial charge on any atom is 0.255 e. The Kier molecular flexibility index (Phi) is 4.48. The molecular weight excluding hydrogens is 383 g/mol. The fourth-order valence-corrected chi connectivity index (χ4v) is 3.01. The SMILES string of the molecule is Nc1ccc2nc(-c3ccc(NC(=O)c4ccc(Cl)c(Cl)c4)cc3)[nH]c2c1. The number of aromatic amines is 1. The summed E-state index contributed by atoms with van der Waals surface area (Å²) in [6, 6.07) is 17.7. The van der Waals surface area contributed by atoms with E-state index >= 15 is 0 Å². The van der Waals surface area contributed by atoms with E-state index in [1.807, 2.05) is 42.5 Å². The average molecular weight is 397 g/mol. The molecule has 0 unspecified atom stereocenters. The largest absolute Gasteiger partial charge is 0.399 e. The number of nitrogen functional groups attached to an aromatic ring is 1. The highest BCUT2D eigenvalue weighted by molar-refractivity contribution is 6.42. The summed E-state index contributed by atoms with van der Waals surface area (Å²) in [5, 5.41) is 3.58. The number of aromatic nitrogens is 2. The Bertz CT molecular complexity index is 1150. The van der Waals surface area contributed by atoms with Crippen molar-refractivity contribution in [2.45, 2.75) is 0 Å². The Hall–Kier alpha value is -3.02. The van der Waals surface area contributed by atoms with Gasteiger partial charge in [-0.15, -0.1) is 0 Å². The third-order valence-electron chi connectivity index (χ3n) is 4.10. The molecule has 0 fully saturated rings. The summed E-state index contributed by atoms with van der Waals surface area (Å²) in [6.07, 6.45) is 0. The zero-order valence-electron chi connectivity index (χ0n) is 14.0. The molecule has 0 bridgehead atoms. The predicted molar refractivity (Wildman–Crippen MR) is 110 cm³/mol. The second-order valence-electron chi connectivity index (χ2n) is 6.02. The summed E-state index contributed by atoms with van der Waals surface area (Å²) < 4.78 is 0. The van der Waals surface area contributed by atoms with Gasteiger partial charge < -0.3 is 16.0 Å². The molecule has 4 rings (SSSR count). The van der Waals surface area contributed by atoms with Crippen molar-refractivity contribution in [3.8, 4) is 11.4 Å². The van der Waals surface area contributed by atoms with Gasteiger partial charge in [-0.05, 0) is 60.7 Å². The number of amides is 1. The smallest absolute Gasteiger partial charge is 0.255 e. The number of hydrogen-bond acceptors (Lipinski definition) is 3. The maximum absolute atomic E-state index is 12.3. The van der Waals surface area contributed by atoms with Gasteiger partial charge in [0.05, 0.1) is 21.1 Å². The number of nitrogens with one attached hydrogen (secondary N) is 2. The standard InChI is InChI=1S/C20H14Cl2N4O/c21-15-7-3-12(9-16(15)22)20(27)24-14-5-1-11(2-6-14)19-25-17-8-4-13(23)10-18(17)26-19/h1-10H,23H2,(H,24,27)(H,25,26). The first-order valence-corrected chi connectivity index (χ1v) is 8.87. The van der Waals surface area contributed by atoms with E-state index in [-0.39, 0.29) is 5.91 Å². The number of nitrogens with two attached hydrogens (primary N) is 1. The quantitative estimate of drug-likeness (QED) is 0.407. The molecule has 27 heavy (non-hydrogen) atoms. The van der Waals surface area contributed by atoms with Crippen LogP contribution in [-0.2, 0) is 0 Å². The number of H-pyrrole nitrogens is 1. The summed E-state index contributed by atoms with van der Waals surface area (Å²) in [6.45, 7) is 0. The van der Waals surface area contributed by atoms with Crippen LogP contribution in [-0.4, -0.2) is 15.9 Å². The second-order valence-corrected chi connectivity index (χ2v) is 6.84. The molecule has 0 aliphatic rings. The van der Waals surface area contributed by atoms with Gasteiger partial charge in [-0.1, -0.05) is 23.2 Å². The number of carbonyl (C=O) groups is 1. The number of anilines is 2. The average Bonchev–Trinajstić information content (AvgIpc) is 3.07. The van der Waals surface area contributed by atoms with Gasteiger partial charge in [0.15, 0.2) is 0 Å². The fourth-order valence-electron chi connectivity index (χ4n) is 2.72. The van der Waals surface area contributed by atoms with Crippen molar-refractivity contribution in [1.29, 1.82) is 0 Å². The molecule has 5 nitrogen and oxygen atoms in total. The van der Waals surface area contributed by atoms with Gasteiger partial charge in [0, 0.05) is 22.5 Å². The van der Waals surface area contributed by atoms with Gasteiger partial charge in [-0.2, -0.15) is 0 Å². The molecule has 0 aliphatic carbocycles. The van der Waals surface area contributed by atoms with E-state index in [0.29, 0.717) is 27.0 Å². The van der Waals surface area contributed by atoms with Crippen LogP contribution in [0.15, 0.2) is 60.7 Å². The number of benzene rings is 3. The first-order valence-electron chi connectivity index (χ1n) is 8.12. The van der Waals surface area contributed by atoms with Crippen LogP contribution < -0.4 is 11.1 Å². The normalized spacial score (nSPS) is 10.9. The third kappa shape index (κ3) is 3.60. The van der Waals surface area contributed by atoms with E-state index in [1.54, 1.807) is 12.1 Å². The molecule has 0 spiro atoms. The van der Waals surface area contributed by atoms with E-state index in [4.69, 9.17) is 28.9 Å². The summed E-state index contributed by atoms with van der Waals surface area (Å²) in [5.41, 5.74) is 10.2. The molecule has 7 heteroatoms. The zero-order chi connectivity index (χ0) is 19.0. The van der Waals surface area contributed by atoms with Crippen molar-refractivity contribution < 1.29 is 4.79 Å². The van der Waals surface area contributed by atoms with Gasteiger partial charge in [0.25, 0.3) is 5.91 Å². The molecule has 1 amide bonds. The number of imidazole rings is 1.